The SMILES string of the molecule is Cl.Cl.O=C(c1cccc(CN2CCCC2)c1)N1CCNCC1c1cccnc1. The van der Waals surface area contributed by atoms with E-state index in [1.807, 2.05) is 29.3 Å². The molecular weight excluding hydrogens is 395 g/mol. The minimum atomic E-state index is 0. The molecule has 2 aliphatic heterocycles. The van der Waals surface area contributed by atoms with E-state index in [1.165, 1.54) is 31.5 Å². The zero-order valence-electron chi connectivity index (χ0n) is 15.9. The first-order valence-corrected chi connectivity index (χ1v) is 9.54. The maximum atomic E-state index is 13.2. The topological polar surface area (TPSA) is 48.5 Å². The van der Waals surface area contributed by atoms with Crippen molar-refractivity contribution in [3.8, 4) is 0 Å². The van der Waals surface area contributed by atoms with Crippen molar-refractivity contribution in [2.45, 2.75) is 25.4 Å². The average Bonchev–Trinajstić information content (AvgIpc) is 3.21. The largest absolute Gasteiger partial charge is 0.329 e. The quantitative estimate of drug-likeness (QED) is 0.820. The van der Waals surface area contributed by atoms with Crippen molar-refractivity contribution in [1.82, 2.24) is 20.1 Å². The third-order valence-electron chi connectivity index (χ3n) is 5.35. The van der Waals surface area contributed by atoms with Crippen LogP contribution in [0.25, 0.3) is 0 Å². The molecule has 1 aromatic heterocycles. The third-order valence-corrected chi connectivity index (χ3v) is 5.35. The highest BCUT2D eigenvalue weighted by Gasteiger charge is 2.28. The van der Waals surface area contributed by atoms with E-state index in [0.29, 0.717) is 0 Å². The van der Waals surface area contributed by atoms with Crippen LogP contribution in [0.2, 0.25) is 0 Å². The molecule has 0 spiro atoms. The first kappa shape index (κ1) is 22.6. The van der Waals surface area contributed by atoms with Crippen molar-refractivity contribution in [1.29, 1.82) is 0 Å². The zero-order valence-corrected chi connectivity index (χ0v) is 17.6. The Kier molecular flexibility index (Phi) is 8.70. The molecule has 4 rings (SSSR count). The summed E-state index contributed by atoms with van der Waals surface area (Å²) >= 11 is 0. The van der Waals surface area contributed by atoms with Gasteiger partial charge in [0.15, 0.2) is 0 Å². The number of aromatic nitrogens is 1. The summed E-state index contributed by atoms with van der Waals surface area (Å²) in [5, 5.41) is 3.40. The van der Waals surface area contributed by atoms with Crippen LogP contribution in [0.15, 0.2) is 48.8 Å². The Morgan fingerprint density at radius 3 is 2.68 bits per heavy atom. The lowest BCUT2D eigenvalue weighted by Gasteiger charge is -2.36. The average molecular weight is 423 g/mol. The molecule has 1 amide bonds. The molecule has 0 aliphatic carbocycles. The molecule has 0 bridgehead atoms. The number of hydrogen-bond acceptors (Lipinski definition) is 4. The smallest absolute Gasteiger partial charge is 0.254 e. The lowest BCUT2D eigenvalue weighted by molar-refractivity contribution is 0.0634. The van der Waals surface area contributed by atoms with Crippen LogP contribution in [0, 0.1) is 0 Å². The van der Waals surface area contributed by atoms with Gasteiger partial charge in [0.1, 0.15) is 0 Å². The van der Waals surface area contributed by atoms with Crippen LogP contribution in [0.4, 0.5) is 0 Å². The number of piperazine rings is 1. The number of carbonyl (C=O) groups is 1. The number of carbonyl (C=O) groups excluding carboxylic acids is 1. The molecule has 0 radical (unpaired) electrons. The molecule has 2 fully saturated rings. The summed E-state index contributed by atoms with van der Waals surface area (Å²) < 4.78 is 0. The summed E-state index contributed by atoms with van der Waals surface area (Å²) in [7, 11) is 0. The number of likely N-dealkylation sites (tertiary alicyclic amines) is 1. The van der Waals surface area contributed by atoms with E-state index in [-0.39, 0.29) is 36.8 Å². The van der Waals surface area contributed by atoms with Gasteiger partial charge in [0.25, 0.3) is 5.91 Å². The van der Waals surface area contributed by atoms with Gasteiger partial charge in [0, 0.05) is 44.1 Å². The lowest BCUT2D eigenvalue weighted by atomic mass is 10.0. The van der Waals surface area contributed by atoms with E-state index in [1.54, 1.807) is 6.20 Å². The van der Waals surface area contributed by atoms with Gasteiger partial charge in [-0.25, -0.2) is 0 Å². The van der Waals surface area contributed by atoms with Gasteiger partial charge in [-0.2, -0.15) is 0 Å². The Morgan fingerprint density at radius 1 is 1.11 bits per heavy atom. The van der Waals surface area contributed by atoms with E-state index in [4.69, 9.17) is 0 Å². The summed E-state index contributed by atoms with van der Waals surface area (Å²) in [6.45, 7) is 5.59. The van der Waals surface area contributed by atoms with Gasteiger partial charge < -0.3 is 10.2 Å². The maximum Gasteiger partial charge on any atom is 0.254 e. The van der Waals surface area contributed by atoms with Crippen LogP contribution >= 0.6 is 24.8 Å². The predicted molar refractivity (Wildman–Crippen MR) is 116 cm³/mol. The highest BCUT2D eigenvalue weighted by molar-refractivity contribution is 5.94. The molecule has 0 saturated carbocycles. The van der Waals surface area contributed by atoms with Crippen LogP contribution in [-0.4, -0.2) is 53.4 Å². The van der Waals surface area contributed by atoms with Crippen molar-refractivity contribution >= 4 is 30.7 Å². The fourth-order valence-electron chi connectivity index (χ4n) is 3.99. The normalized spacial score (nSPS) is 19.6. The molecule has 152 valence electrons. The molecule has 5 nitrogen and oxygen atoms in total. The van der Waals surface area contributed by atoms with E-state index in [9.17, 15) is 4.79 Å². The van der Waals surface area contributed by atoms with E-state index in [0.717, 1.165) is 37.3 Å². The lowest BCUT2D eigenvalue weighted by Crippen LogP contribution is -2.48. The summed E-state index contributed by atoms with van der Waals surface area (Å²) in [4.78, 5) is 21.9. The molecule has 3 heterocycles. The molecule has 7 heteroatoms. The van der Waals surface area contributed by atoms with Crippen molar-refractivity contribution in [2.75, 3.05) is 32.7 Å². The molecule has 2 aliphatic rings. The third kappa shape index (κ3) is 5.23. The van der Waals surface area contributed by atoms with Crippen LogP contribution in [0.5, 0.6) is 0 Å². The van der Waals surface area contributed by atoms with Crippen molar-refractivity contribution in [3.63, 3.8) is 0 Å². The number of nitrogens with one attached hydrogen (secondary N) is 1. The Hall–Kier alpha value is -1.66. The van der Waals surface area contributed by atoms with Gasteiger partial charge in [0.2, 0.25) is 0 Å². The van der Waals surface area contributed by atoms with E-state index >= 15 is 0 Å². The van der Waals surface area contributed by atoms with Crippen LogP contribution in [-0.2, 0) is 6.54 Å². The van der Waals surface area contributed by atoms with E-state index in [2.05, 4.69) is 33.4 Å². The van der Waals surface area contributed by atoms with Gasteiger partial charge in [-0.05, 0) is 55.3 Å². The van der Waals surface area contributed by atoms with Gasteiger partial charge in [-0.15, -0.1) is 24.8 Å². The zero-order chi connectivity index (χ0) is 17.8. The molecule has 1 atom stereocenters. The fourth-order valence-corrected chi connectivity index (χ4v) is 3.99. The number of hydrogen-bond donors (Lipinski definition) is 1. The second kappa shape index (κ2) is 10.8. The number of nitrogens with zero attached hydrogens (tertiary/aromatic N) is 3. The van der Waals surface area contributed by atoms with Crippen molar-refractivity contribution < 1.29 is 4.79 Å². The molecule has 2 aromatic rings. The molecule has 1 aromatic carbocycles. The monoisotopic (exact) mass is 422 g/mol. The summed E-state index contributed by atoms with van der Waals surface area (Å²) in [5.41, 5.74) is 3.10. The Morgan fingerprint density at radius 2 is 1.93 bits per heavy atom. The molecule has 1 unspecified atom stereocenters. The first-order chi connectivity index (χ1) is 12.8. The molecule has 2 saturated heterocycles. The Labute approximate surface area is 179 Å². The van der Waals surface area contributed by atoms with Crippen LogP contribution in [0.3, 0.4) is 0 Å². The minimum absolute atomic E-state index is 0. The Balaban J connectivity index is 0.00000140. The summed E-state index contributed by atoms with van der Waals surface area (Å²) in [6.07, 6.45) is 6.20. The predicted octanol–water partition coefficient (Wildman–Crippen LogP) is 3.31. The van der Waals surface area contributed by atoms with Gasteiger partial charge in [-0.1, -0.05) is 18.2 Å². The number of halogens is 2. The highest BCUT2D eigenvalue weighted by atomic mass is 35.5. The maximum absolute atomic E-state index is 13.2. The second-order valence-corrected chi connectivity index (χ2v) is 7.19. The van der Waals surface area contributed by atoms with Gasteiger partial charge in [-0.3, -0.25) is 14.7 Å². The number of rotatable bonds is 4. The van der Waals surface area contributed by atoms with Crippen LogP contribution < -0.4 is 5.32 Å². The standard InChI is InChI=1S/C21H26N4O.2ClH/c26-21(18-6-3-5-17(13-18)16-24-10-1-2-11-24)25-12-9-23-15-20(25)19-7-4-8-22-14-19;;/h3-8,13-14,20,23H,1-2,9-12,15-16H2;2*1H. The summed E-state index contributed by atoms with van der Waals surface area (Å²) in [6, 6.07) is 12.2. The van der Waals surface area contributed by atoms with Gasteiger partial charge >= 0.3 is 0 Å². The molecule has 28 heavy (non-hydrogen) atoms. The first-order valence-electron chi connectivity index (χ1n) is 9.54. The van der Waals surface area contributed by atoms with Crippen molar-refractivity contribution in [2.24, 2.45) is 0 Å². The van der Waals surface area contributed by atoms with Crippen molar-refractivity contribution in [3.05, 3.63) is 65.5 Å². The number of pyridine rings is 1. The van der Waals surface area contributed by atoms with Gasteiger partial charge in [0.05, 0.1) is 6.04 Å². The number of benzene rings is 1. The van der Waals surface area contributed by atoms with Crippen LogP contribution in [0.1, 0.15) is 40.4 Å². The highest BCUT2D eigenvalue weighted by Crippen LogP contribution is 2.24. The second-order valence-electron chi connectivity index (χ2n) is 7.19. The van der Waals surface area contributed by atoms with E-state index < -0.39 is 0 Å². The summed E-state index contributed by atoms with van der Waals surface area (Å²) in [5.74, 6) is 0.114. The fraction of sp³-hybridized carbons (Fsp3) is 0.429. The number of amides is 1. The molecule has 1 N–H and O–H groups in total. The molecular formula is C21H28Cl2N4O. The minimum Gasteiger partial charge on any atom is -0.329 e. The Bertz CT molecular complexity index is 753.